The highest BCUT2D eigenvalue weighted by Crippen LogP contribution is 2.29. The average molecular weight is 394 g/mol. The van der Waals surface area contributed by atoms with Crippen LogP contribution in [0.3, 0.4) is 0 Å². The summed E-state index contributed by atoms with van der Waals surface area (Å²) in [6.07, 6.45) is 2.46. The molecule has 0 saturated heterocycles. The predicted molar refractivity (Wildman–Crippen MR) is 106 cm³/mol. The van der Waals surface area contributed by atoms with Gasteiger partial charge in [0.1, 0.15) is 22.2 Å². The molecule has 0 spiro atoms. The molecule has 0 bridgehead atoms. The van der Waals surface area contributed by atoms with Crippen LogP contribution in [0.15, 0.2) is 41.4 Å². The maximum Gasteiger partial charge on any atom is 0.265 e. The van der Waals surface area contributed by atoms with Gasteiger partial charge in [-0.1, -0.05) is 0 Å². The first-order valence-electron chi connectivity index (χ1n) is 8.45. The van der Waals surface area contributed by atoms with Crippen molar-refractivity contribution in [3.8, 4) is 11.5 Å². The topological polar surface area (TPSA) is 92.8 Å². The van der Waals surface area contributed by atoms with Gasteiger partial charge < -0.3 is 19.7 Å². The van der Waals surface area contributed by atoms with Crippen LogP contribution < -0.4 is 19.5 Å². The molecule has 0 fully saturated rings. The number of hydrogen-bond donors (Lipinski definition) is 2. The Balaban J connectivity index is 2.07. The van der Waals surface area contributed by atoms with Crippen molar-refractivity contribution in [1.29, 1.82) is 0 Å². The van der Waals surface area contributed by atoms with Crippen molar-refractivity contribution in [2.75, 3.05) is 51.4 Å². The van der Waals surface area contributed by atoms with Crippen LogP contribution in [0.2, 0.25) is 0 Å². The van der Waals surface area contributed by atoms with Gasteiger partial charge >= 0.3 is 0 Å². The monoisotopic (exact) mass is 394 g/mol. The van der Waals surface area contributed by atoms with Gasteiger partial charge in [-0.2, -0.15) is 0 Å². The number of rotatable bonds is 10. The van der Waals surface area contributed by atoms with Crippen LogP contribution in [0.4, 0.5) is 11.5 Å². The van der Waals surface area contributed by atoms with Gasteiger partial charge in [0.05, 0.1) is 26.1 Å². The number of pyridine rings is 1. The van der Waals surface area contributed by atoms with Gasteiger partial charge in [-0.3, -0.25) is 4.72 Å². The molecule has 27 heavy (non-hydrogen) atoms. The van der Waals surface area contributed by atoms with E-state index in [1.807, 2.05) is 14.1 Å². The summed E-state index contributed by atoms with van der Waals surface area (Å²) < 4.78 is 38.2. The van der Waals surface area contributed by atoms with Crippen LogP contribution in [0, 0.1) is 0 Å². The van der Waals surface area contributed by atoms with Gasteiger partial charge in [0.2, 0.25) is 0 Å². The molecular formula is C18H26N4O4S. The number of anilines is 2. The van der Waals surface area contributed by atoms with E-state index in [0.717, 1.165) is 19.5 Å². The minimum atomic E-state index is -3.85. The number of sulfonamides is 1. The van der Waals surface area contributed by atoms with Crippen LogP contribution in [0.1, 0.15) is 6.42 Å². The van der Waals surface area contributed by atoms with Crippen molar-refractivity contribution in [1.82, 2.24) is 9.88 Å². The van der Waals surface area contributed by atoms with Gasteiger partial charge in [-0.15, -0.1) is 0 Å². The smallest absolute Gasteiger partial charge is 0.265 e. The Morgan fingerprint density at radius 2 is 1.89 bits per heavy atom. The summed E-state index contributed by atoms with van der Waals surface area (Å²) in [4.78, 5) is 6.35. The number of methoxy groups -OCH3 is 2. The van der Waals surface area contributed by atoms with Crippen molar-refractivity contribution in [2.45, 2.75) is 11.3 Å². The Kier molecular flexibility index (Phi) is 7.26. The van der Waals surface area contributed by atoms with Gasteiger partial charge in [0.15, 0.2) is 0 Å². The van der Waals surface area contributed by atoms with E-state index >= 15 is 0 Å². The highest BCUT2D eigenvalue weighted by Gasteiger charge is 2.21. The van der Waals surface area contributed by atoms with Gasteiger partial charge in [0.25, 0.3) is 10.0 Å². The number of nitrogens with zero attached hydrogens (tertiary/aromatic N) is 2. The second-order valence-electron chi connectivity index (χ2n) is 6.14. The third-order valence-electron chi connectivity index (χ3n) is 3.76. The summed E-state index contributed by atoms with van der Waals surface area (Å²) in [6.45, 7) is 1.77. The first kappa shape index (κ1) is 20.8. The summed E-state index contributed by atoms with van der Waals surface area (Å²) in [5.41, 5.74) is 0.360. The standard InChI is InChI=1S/C18H26N4O4S/c1-22(2)11-5-10-19-18-9-6-14(13-20-18)21-27(23,24)17-12-15(25-3)7-8-16(17)26-4/h6-9,12-13,21H,5,10-11H2,1-4H3,(H,19,20). The van der Waals surface area contributed by atoms with Crippen molar-refractivity contribution in [3.05, 3.63) is 36.5 Å². The van der Waals surface area contributed by atoms with Crippen molar-refractivity contribution in [2.24, 2.45) is 0 Å². The zero-order valence-corrected chi connectivity index (χ0v) is 16.8. The fraction of sp³-hybridized carbons (Fsp3) is 0.389. The van der Waals surface area contributed by atoms with Crippen LogP contribution in [0.5, 0.6) is 11.5 Å². The zero-order valence-electron chi connectivity index (χ0n) is 16.0. The van der Waals surface area contributed by atoms with E-state index < -0.39 is 10.0 Å². The molecule has 2 N–H and O–H groups in total. The molecule has 148 valence electrons. The fourth-order valence-electron chi connectivity index (χ4n) is 2.37. The first-order chi connectivity index (χ1) is 12.9. The Labute approximate surface area is 160 Å². The van der Waals surface area contributed by atoms with E-state index in [9.17, 15) is 8.42 Å². The molecule has 0 aliphatic rings. The SMILES string of the molecule is COc1ccc(OC)c(S(=O)(=O)Nc2ccc(NCCCN(C)C)nc2)c1. The molecule has 2 aromatic rings. The maximum atomic E-state index is 12.7. The Morgan fingerprint density at radius 1 is 1.11 bits per heavy atom. The molecule has 0 aliphatic carbocycles. The molecule has 2 rings (SSSR count). The second kappa shape index (κ2) is 9.43. The predicted octanol–water partition coefficient (Wildman–Crippen LogP) is 2.26. The van der Waals surface area contributed by atoms with Gasteiger partial charge in [-0.05, 0) is 51.3 Å². The summed E-state index contributed by atoms with van der Waals surface area (Å²) in [5, 5.41) is 3.20. The molecule has 0 radical (unpaired) electrons. The Bertz CT molecular complexity index is 839. The van der Waals surface area contributed by atoms with E-state index in [0.29, 0.717) is 17.3 Å². The summed E-state index contributed by atoms with van der Waals surface area (Å²) in [5.74, 6) is 1.35. The third-order valence-corrected chi connectivity index (χ3v) is 5.17. The fourth-order valence-corrected chi connectivity index (χ4v) is 3.60. The number of hydrogen-bond acceptors (Lipinski definition) is 7. The van der Waals surface area contributed by atoms with E-state index in [1.165, 1.54) is 26.5 Å². The Hall–Kier alpha value is -2.52. The van der Waals surface area contributed by atoms with Crippen LogP contribution in [-0.4, -0.2) is 59.7 Å². The summed E-state index contributed by atoms with van der Waals surface area (Å²) in [6, 6.07) is 7.99. The second-order valence-corrected chi connectivity index (χ2v) is 7.79. The normalized spacial score (nSPS) is 11.3. The molecule has 1 aromatic heterocycles. The number of benzene rings is 1. The molecule has 9 heteroatoms. The van der Waals surface area contributed by atoms with Crippen LogP contribution in [0.25, 0.3) is 0 Å². The lowest BCUT2D eigenvalue weighted by Gasteiger charge is -2.13. The summed E-state index contributed by atoms with van der Waals surface area (Å²) >= 11 is 0. The Morgan fingerprint density at radius 3 is 2.48 bits per heavy atom. The number of nitrogens with one attached hydrogen (secondary N) is 2. The molecule has 8 nitrogen and oxygen atoms in total. The number of ether oxygens (including phenoxy) is 2. The molecular weight excluding hydrogens is 368 g/mol. The molecule has 0 unspecified atom stereocenters. The van der Waals surface area contributed by atoms with Crippen molar-refractivity contribution >= 4 is 21.5 Å². The molecule has 0 aliphatic heterocycles. The average Bonchev–Trinajstić information content (AvgIpc) is 2.65. The third kappa shape index (κ3) is 6.00. The van der Waals surface area contributed by atoms with Crippen molar-refractivity contribution in [3.63, 3.8) is 0 Å². The van der Waals surface area contributed by atoms with E-state index in [2.05, 4.69) is 19.9 Å². The van der Waals surface area contributed by atoms with Gasteiger partial charge in [-0.25, -0.2) is 13.4 Å². The van der Waals surface area contributed by atoms with Crippen LogP contribution >= 0.6 is 0 Å². The maximum absolute atomic E-state index is 12.7. The molecule has 1 aromatic carbocycles. The van der Waals surface area contributed by atoms with E-state index in [1.54, 1.807) is 24.3 Å². The lowest BCUT2D eigenvalue weighted by Crippen LogP contribution is -2.17. The number of aromatic nitrogens is 1. The first-order valence-corrected chi connectivity index (χ1v) is 9.93. The van der Waals surface area contributed by atoms with Crippen molar-refractivity contribution < 1.29 is 17.9 Å². The molecule has 0 amide bonds. The lowest BCUT2D eigenvalue weighted by atomic mass is 10.3. The highest BCUT2D eigenvalue weighted by molar-refractivity contribution is 7.92. The van der Waals surface area contributed by atoms with Crippen LogP contribution in [-0.2, 0) is 10.0 Å². The highest BCUT2D eigenvalue weighted by atomic mass is 32.2. The quantitative estimate of drug-likeness (QED) is 0.597. The molecule has 0 saturated carbocycles. The minimum absolute atomic E-state index is 0.00441. The molecule has 1 heterocycles. The molecule has 0 atom stereocenters. The minimum Gasteiger partial charge on any atom is -0.497 e. The largest absolute Gasteiger partial charge is 0.497 e. The summed E-state index contributed by atoms with van der Waals surface area (Å²) in [7, 11) is 3.08. The van der Waals surface area contributed by atoms with E-state index in [4.69, 9.17) is 9.47 Å². The van der Waals surface area contributed by atoms with Gasteiger partial charge in [0, 0.05) is 12.6 Å². The lowest BCUT2D eigenvalue weighted by molar-refractivity contribution is 0.392. The van der Waals surface area contributed by atoms with E-state index in [-0.39, 0.29) is 10.6 Å². The zero-order chi connectivity index (χ0) is 19.9.